The number of thiophene rings is 1. The Hall–Kier alpha value is -2.34. The summed E-state index contributed by atoms with van der Waals surface area (Å²) in [5, 5.41) is 3.95. The molecule has 1 amide bonds. The summed E-state index contributed by atoms with van der Waals surface area (Å²) in [5.41, 5.74) is 3.06. The number of aryl methyl sites for hydroxylation is 1. The maximum atomic E-state index is 12.7. The fourth-order valence-electron chi connectivity index (χ4n) is 3.16. The lowest BCUT2D eigenvalue weighted by Gasteiger charge is -2.22. The quantitative estimate of drug-likeness (QED) is 0.830. The molecule has 1 unspecified atom stereocenters. The molecule has 6 heteroatoms. The minimum absolute atomic E-state index is 0.0289. The van der Waals surface area contributed by atoms with Crippen molar-refractivity contribution >= 4 is 33.9 Å². The van der Waals surface area contributed by atoms with E-state index in [1.54, 1.807) is 6.92 Å². The van der Waals surface area contributed by atoms with E-state index in [0.717, 1.165) is 22.7 Å². The van der Waals surface area contributed by atoms with Crippen LogP contribution in [0.15, 0.2) is 30.3 Å². The van der Waals surface area contributed by atoms with E-state index < -0.39 is 0 Å². The van der Waals surface area contributed by atoms with Crippen LogP contribution in [0.4, 0.5) is 10.7 Å². The number of carbonyl (C=O) groups is 2. The Morgan fingerprint density at radius 1 is 1.36 bits per heavy atom. The van der Waals surface area contributed by atoms with Crippen LogP contribution in [-0.4, -0.2) is 31.1 Å². The third kappa shape index (κ3) is 3.54. The maximum Gasteiger partial charge on any atom is 0.348 e. The van der Waals surface area contributed by atoms with Crippen molar-refractivity contribution in [1.29, 1.82) is 0 Å². The van der Waals surface area contributed by atoms with Gasteiger partial charge in [-0.25, -0.2) is 4.79 Å². The summed E-state index contributed by atoms with van der Waals surface area (Å²) in [5.74, 6) is -0.285. The van der Waals surface area contributed by atoms with Gasteiger partial charge in [-0.05, 0) is 50.5 Å². The molecule has 0 saturated carbocycles. The Morgan fingerprint density at radius 3 is 2.88 bits per heavy atom. The van der Waals surface area contributed by atoms with E-state index in [1.807, 2.05) is 36.1 Å². The standard InChI is InChI=1S/C19H22N2O3S/c1-4-24-19(23)18-12(2)9-16(25-18)20-11-17(22)21-13(3)10-14-7-5-6-8-15(14)21/h5-9,13,20H,4,10-11H2,1-3H3. The highest BCUT2D eigenvalue weighted by Gasteiger charge is 2.30. The first kappa shape index (κ1) is 17.5. The van der Waals surface area contributed by atoms with Gasteiger partial charge in [0.25, 0.3) is 0 Å². The second kappa shape index (κ2) is 7.27. The molecular formula is C19H22N2O3S. The summed E-state index contributed by atoms with van der Waals surface area (Å²) >= 11 is 1.32. The van der Waals surface area contributed by atoms with Gasteiger partial charge in [-0.15, -0.1) is 11.3 Å². The summed E-state index contributed by atoms with van der Waals surface area (Å²) in [4.78, 5) is 27.0. The molecule has 2 heterocycles. The van der Waals surface area contributed by atoms with E-state index >= 15 is 0 Å². The average molecular weight is 358 g/mol. The van der Waals surface area contributed by atoms with E-state index in [4.69, 9.17) is 4.74 Å². The van der Waals surface area contributed by atoms with Gasteiger partial charge in [0.1, 0.15) is 4.88 Å². The number of hydrogen-bond donors (Lipinski definition) is 1. The molecule has 1 aliphatic heterocycles. The van der Waals surface area contributed by atoms with Crippen molar-refractivity contribution in [3.8, 4) is 0 Å². The van der Waals surface area contributed by atoms with Crippen molar-refractivity contribution in [2.24, 2.45) is 0 Å². The van der Waals surface area contributed by atoms with E-state index in [0.29, 0.717) is 11.5 Å². The molecule has 0 fully saturated rings. The van der Waals surface area contributed by atoms with Crippen LogP contribution in [0, 0.1) is 6.92 Å². The molecule has 0 aliphatic carbocycles. The van der Waals surface area contributed by atoms with E-state index in [2.05, 4.69) is 18.3 Å². The van der Waals surface area contributed by atoms with E-state index in [9.17, 15) is 9.59 Å². The summed E-state index contributed by atoms with van der Waals surface area (Å²) in [6, 6.07) is 10.1. The number of hydrogen-bond acceptors (Lipinski definition) is 5. The lowest BCUT2D eigenvalue weighted by molar-refractivity contribution is -0.117. The predicted octanol–water partition coefficient (Wildman–Crippen LogP) is 3.62. The van der Waals surface area contributed by atoms with Crippen molar-refractivity contribution in [2.45, 2.75) is 33.2 Å². The van der Waals surface area contributed by atoms with Gasteiger partial charge in [-0.1, -0.05) is 18.2 Å². The molecule has 1 aromatic carbocycles. The van der Waals surface area contributed by atoms with Crippen molar-refractivity contribution in [1.82, 2.24) is 0 Å². The zero-order chi connectivity index (χ0) is 18.0. The van der Waals surface area contributed by atoms with Crippen LogP contribution in [0.1, 0.15) is 34.6 Å². The molecule has 0 saturated heterocycles. The number of rotatable bonds is 5. The van der Waals surface area contributed by atoms with Crippen LogP contribution in [0.2, 0.25) is 0 Å². The van der Waals surface area contributed by atoms with Crippen LogP contribution in [0.25, 0.3) is 0 Å². The summed E-state index contributed by atoms with van der Waals surface area (Å²) < 4.78 is 5.05. The molecule has 2 aromatic rings. The molecule has 1 N–H and O–H groups in total. The van der Waals surface area contributed by atoms with Crippen LogP contribution in [0.5, 0.6) is 0 Å². The number of nitrogens with one attached hydrogen (secondary N) is 1. The lowest BCUT2D eigenvalue weighted by atomic mass is 10.1. The minimum atomic E-state index is -0.313. The molecule has 3 rings (SSSR count). The van der Waals surface area contributed by atoms with Gasteiger partial charge in [0.2, 0.25) is 5.91 Å². The zero-order valence-electron chi connectivity index (χ0n) is 14.7. The monoisotopic (exact) mass is 358 g/mol. The van der Waals surface area contributed by atoms with Crippen LogP contribution in [-0.2, 0) is 16.0 Å². The molecule has 0 spiro atoms. The number of benzene rings is 1. The zero-order valence-corrected chi connectivity index (χ0v) is 15.5. The molecule has 25 heavy (non-hydrogen) atoms. The van der Waals surface area contributed by atoms with E-state index in [1.165, 1.54) is 16.9 Å². The Balaban J connectivity index is 1.67. The van der Waals surface area contributed by atoms with Crippen LogP contribution >= 0.6 is 11.3 Å². The van der Waals surface area contributed by atoms with Gasteiger partial charge < -0.3 is 15.0 Å². The van der Waals surface area contributed by atoms with Crippen molar-refractivity contribution in [2.75, 3.05) is 23.4 Å². The molecule has 1 aliphatic rings. The highest BCUT2D eigenvalue weighted by molar-refractivity contribution is 7.18. The summed E-state index contributed by atoms with van der Waals surface area (Å²) in [7, 11) is 0. The molecule has 132 valence electrons. The first-order valence-electron chi connectivity index (χ1n) is 8.42. The number of para-hydroxylation sites is 1. The first-order valence-corrected chi connectivity index (χ1v) is 9.24. The smallest absolute Gasteiger partial charge is 0.348 e. The molecular weight excluding hydrogens is 336 g/mol. The number of carbonyl (C=O) groups excluding carboxylic acids is 2. The molecule has 0 bridgehead atoms. The first-order chi connectivity index (χ1) is 12.0. The molecule has 1 aromatic heterocycles. The normalized spacial score (nSPS) is 15.8. The topological polar surface area (TPSA) is 58.6 Å². The molecule has 5 nitrogen and oxygen atoms in total. The summed E-state index contributed by atoms with van der Waals surface area (Å²) in [6.07, 6.45) is 0.882. The minimum Gasteiger partial charge on any atom is -0.462 e. The largest absolute Gasteiger partial charge is 0.462 e. The van der Waals surface area contributed by atoms with Crippen molar-refractivity contribution < 1.29 is 14.3 Å². The van der Waals surface area contributed by atoms with Crippen molar-refractivity contribution in [3.63, 3.8) is 0 Å². The second-order valence-electron chi connectivity index (χ2n) is 6.14. The van der Waals surface area contributed by atoms with Crippen LogP contribution in [0.3, 0.4) is 0 Å². The Bertz CT molecular complexity index is 800. The van der Waals surface area contributed by atoms with Crippen molar-refractivity contribution in [3.05, 3.63) is 46.3 Å². The number of amides is 1. The fourth-order valence-corrected chi connectivity index (χ4v) is 4.12. The molecule has 0 radical (unpaired) electrons. The predicted molar refractivity (Wildman–Crippen MR) is 101 cm³/mol. The second-order valence-corrected chi connectivity index (χ2v) is 7.19. The highest BCUT2D eigenvalue weighted by Crippen LogP contribution is 2.32. The highest BCUT2D eigenvalue weighted by atomic mass is 32.1. The number of nitrogens with zero attached hydrogens (tertiary/aromatic N) is 1. The molecule has 1 atom stereocenters. The fraction of sp³-hybridized carbons (Fsp3) is 0.368. The Labute approximate surface area is 151 Å². The third-order valence-electron chi connectivity index (χ3n) is 4.27. The Kier molecular flexibility index (Phi) is 5.08. The van der Waals surface area contributed by atoms with Gasteiger partial charge in [0.15, 0.2) is 0 Å². The number of esters is 1. The average Bonchev–Trinajstić information content (AvgIpc) is 3.12. The van der Waals surface area contributed by atoms with Gasteiger partial charge in [-0.3, -0.25) is 4.79 Å². The lowest BCUT2D eigenvalue weighted by Crippen LogP contribution is -2.39. The van der Waals surface area contributed by atoms with Gasteiger partial charge >= 0.3 is 5.97 Å². The van der Waals surface area contributed by atoms with Crippen LogP contribution < -0.4 is 10.2 Å². The van der Waals surface area contributed by atoms with Gasteiger partial charge in [0, 0.05) is 11.7 Å². The van der Waals surface area contributed by atoms with E-state index in [-0.39, 0.29) is 24.5 Å². The number of fused-ring (bicyclic) bond motifs is 1. The SMILES string of the molecule is CCOC(=O)c1sc(NCC(=O)N2c3ccccc3CC2C)cc1C. The summed E-state index contributed by atoms with van der Waals surface area (Å²) in [6.45, 7) is 6.26. The maximum absolute atomic E-state index is 12.7. The number of anilines is 2. The van der Waals surface area contributed by atoms with Gasteiger partial charge in [0.05, 0.1) is 18.2 Å². The Morgan fingerprint density at radius 2 is 2.12 bits per heavy atom. The third-order valence-corrected chi connectivity index (χ3v) is 5.44. The number of ether oxygens (including phenoxy) is 1. The van der Waals surface area contributed by atoms with Gasteiger partial charge in [-0.2, -0.15) is 0 Å².